The summed E-state index contributed by atoms with van der Waals surface area (Å²) in [4.78, 5) is 1.93. The van der Waals surface area contributed by atoms with Gasteiger partial charge in [0.1, 0.15) is 5.82 Å². The lowest BCUT2D eigenvalue weighted by Crippen LogP contribution is -2.45. The molecule has 106 valence electrons. The number of hydrogen-bond acceptors (Lipinski definition) is 2. The number of nitrogens with zero attached hydrogens (tertiary/aromatic N) is 1. The molecule has 1 atom stereocenters. The molecule has 2 nitrogen and oxygen atoms in total. The molecule has 0 amide bonds. The molecule has 19 heavy (non-hydrogen) atoms. The van der Waals surface area contributed by atoms with Crippen LogP contribution in [0.1, 0.15) is 18.0 Å². The molecule has 2 rings (SSSR count). The number of hydrogen-bond donors (Lipinski definition) is 1. The third-order valence-corrected chi connectivity index (χ3v) is 3.81. The number of benzene rings is 1. The average molecular weight is 337 g/mol. The van der Waals surface area contributed by atoms with Crippen molar-refractivity contribution in [3.05, 3.63) is 34.1 Å². The largest absolute Gasteiger partial charge is 0.314 e. The molecule has 0 radical (unpaired) electrons. The van der Waals surface area contributed by atoms with Crippen molar-refractivity contribution in [1.29, 1.82) is 0 Å². The second-order valence-electron chi connectivity index (χ2n) is 4.59. The van der Waals surface area contributed by atoms with Gasteiger partial charge in [0, 0.05) is 48.7 Å². The molecule has 1 aliphatic rings. The van der Waals surface area contributed by atoms with E-state index in [-0.39, 0.29) is 6.42 Å². The molecule has 1 saturated heterocycles. The standard InChI is InChI=1S/C13H16BrF3N2/c14-9-1-2-10(11(15)7-9)12(8-13(16)17)19-5-3-18-4-6-19/h1-2,7,12-13,18H,3-6,8H2/t12-/m0/s1. The smallest absolute Gasteiger partial charge is 0.240 e. The van der Waals surface area contributed by atoms with Crippen molar-refractivity contribution in [3.8, 4) is 0 Å². The van der Waals surface area contributed by atoms with Gasteiger partial charge in [-0.25, -0.2) is 13.2 Å². The van der Waals surface area contributed by atoms with Crippen LogP contribution in [0, 0.1) is 5.82 Å². The number of halogens is 4. The second kappa shape index (κ2) is 6.72. The SMILES string of the molecule is Fc1cc(Br)ccc1[C@H](CC(F)F)N1CCNCC1. The highest BCUT2D eigenvalue weighted by Gasteiger charge is 2.27. The number of piperazine rings is 1. The lowest BCUT2D eigenvalue weighted by Gasteiger charge is -2.35. The van der Waals surface area contributed by atoms with Gasteiger partial charge in [0.15, 0.2) is 0 Å². The van der Waals surface area contributed by atoms with Gasteiger partial charge in [-0.15, -0.1) is 0 Å². The van der Waals surface area contributed by atoms with Gasteiger partial charge in [0.2, 0.25) is 6.43 Å². The zero-order valence-electron chi connectivity index (χ0n) is 10.4. The summed E-state index contributed by atoms with van der Waals surface area (Å²) in [7, 11) is 0. The Kier molecular flexibility index (Phi) is 5.24. The van der Waals surface area contributed by atoms with Crippen LogP contribution in [0.5, 0.6) is 0 Å². The highest BCUT2D eigenvalue weighted by Crippen LogP contribution is 2.30. The van der Waals surface area contributed by atoms with Crippen LogP contribution in [0.25, 0.3) is 0 Å². The van der Waals surface area contributed by atoms with Crippen LogP contribution in [0.2, 0.25) is 0 Å². The van der Waals surface area contributed by atoms with Gasteiger partial charge in [-0.3, -0.25) is 4.90 Å². The van der Waals surface area contributed by atoms with Crippen LogP contribution in [0.3, 0.4) is 0 Å². The quantitative estimate of drug-likeness (QED) is 0.908. The molecule has 0 bridgehead atoms. The van der Waals surface area contributed by atoms with E-state index >= 15 is 0 Å². The van der Waals surface area contributed by atoms with E-state index in [1.165, 1.54) is 6.07 Å². The number of rotatable bonds is 4. The first kappa shape index (κ1) is 14.8. The normalized spacial score (nSPS) is 18.8. The zero-order chi connectivity index (χ0) is 13.8. The lowest BCUT2D eigenvalue weighted by molar-refractivity contribution is 0.0725. The number of alkyl halides is 2. The van der Waals surface area contributed by atoms with Crippen LogP contribution >= 0.6 is 15.9 Å². The van der Waals surface area contributed by atoms with E-state index in [9.17, 15) is 13.2 Å². The summed E-state index contributed by atoms with van der Waals surface area (Å²) in [6, 6.07) is 4.05. The van der Waals surface area contributed by atoms with Gasteiger partial charge >= 0.3 is 0 Å². The van der Waals surface area contributed by atoms with E-state index < -0.39 is 18.3 Å². The molecular formula is C13H16BrF3N2. The molecule has 1 aromatic rings. The van der Waals surface area contributed by atoms with Crippen molar-refractivity contribution in [3.63, 3.8) is 0 Å². The van der Waals surface area contributed by atoms with Crippen molar-refractivity contribution in [2.45, 2.75) is 18.9 Å². The maximum Gasteiger partial charge on any atom is 0.240 e. The maximum absolute atomic E-state index is 14.0. The van der Waals surface area contributed by atoms with E-state index in [2.05, 4.69) is 21.2 Å². The molecule has 1 heterocycles. The average Bonchev–Trinajstić information content (AvgIpc) is 2.37. The van der Waals surface area contributed by atoms with Crippen molar-refractivity contribution in [2.75, 3.05) is 26.2 Å². The Labute approximate surface area is 119 Å². The lowest BCUT2D eigenvalue weighted by atomic mass is 10.0. The van der Waals surface area contributed by atoms with Crippen LogP contribution in [0.4, 0.5) is 13.2 Å². The van der Waals surface area contributed by atoms with Gasteiger partial charge in [-0.1, -0.05) is 22.0 Å². The third kappa shape index (κ3) is 3.94. The molecular weight excluding hydrogens is 321 g/mol. The number of nitrogens with one attached hydrogen (secondary N) is 1. The molecule has 0 saturated carbocycles. The molecule has 1 fully saturated rings. The molecule has 0 spiro atoms. The fraction of sp³-hybridized carbons (Fsp3) is 0.538. The van der Waals surface area contributed by atoms with Crippen LogP contribution < -0.4 is 5.32 Å². The Balaban J connectivity index is 2.25. The van der Waals surface area contributed by atoms with E-state index in [1.807, 2.05) is 4.90 Å². The Bertz CT molecular complexity index is 422. The summed E-state index contributed by atoms with van der Waals surface area (Å²) in [5.74, 6) is -0.432. The molecule has 6 heteroatoms. The monoisotopic (exact) mass is 336 g/mol. The zero-order valence-corrected chi connectivity index (χ0v) is 12.0. The minimum absolute atomic E-state index is 0.335. The van der Waals surface area contributed by atoms with Gasteiger partial charge in [0.05, 0.1) is 0 Å². The van der Waals surface area contributed by atoms with Gasteiger partial charge in [0.25, 0.3) is 0 Å². The molecule has 0 aliphatic carbocycles. The minimum atomic E-state index is -2.44. The Hall–Kier alpha value is -0.590. The van der Waals surface area contributed by atoms with Gasteiger partial charge in [-0.2, -0.15) is 0 Å². The summed E-state index contributed by atoms with van der Waals surface area (Å²) >= 11 is 3.18. The first-order valence-corrected chi connectivity index (χ1v) is 7.05. The fourth-order valence-corrected chi connectivity index (χ4v) is 2.74. The van der Waals surface area contributed by atoms with Crippen molar-refractivity contribution in [1.82, 2.24) is 10.2 Å². The minimum Gasteiger partial charge on any atom is -0.314 e. The highest BCUT2D eigenvalue weighted by atomic mass is 79.9. The van der Waals surface area contributed by atoms with E-state index in [0.29, 0.717) is 23.1 Å². The summed E-state index contributed by atoms with van der Waals surface area (Å²) in [6.45, 7) is 2.82. The maximum atomic E-state index is 14.0. The predicted octanol–water partition coefficient (Wildman–Crippen LogP) is 3.19. The second-order valence-corrected chi connectivity index (χ2v) is 5.51. The molecule has 0 aromatic heterocycles. The van der Waals surface area contributed by atoms with E-state index in [0.717, 1.165) is 13.1 Å². The first-order chi connectivity index (χ1) is 9.08. The fourth-order valence-electron chi connectivity index (χ4n) is 2.41. The summed E-state index contributed by atoms with van der Waals surface area (Å²) in [5, 5.41) is 3.17. The van der Waals surface area contributed by atoms with Crippen molar-refractivity contribution >= 4 is 15.9 Å². The summed E-state index contributed by atoms with van der Waals surface area (Å²) < 4.78 is 40.1. The molecule has 1 aliphatic heterocycles. The summed E-state index contributed by atoms with van der Waals surface area (Å²) in [6.07, 6.45) is -2.78. The highest BCUT2D eigenvalue weighted by molar-refractivity contribution is 9.10. The molecule has 0 unspecified atom stereocenters. The predicted molar refractivity (Wildman–Crippen MR) is 71.9 cm³/mol. The Morgan fingerprint density at radius 2 is 1.95 bits per heavy atom. The first-order valence-electron chi connectivity index (χ1n) is 6.26. The Morgan fingerprint density at radius 1 is 1.26 bits per heavy atom. The topological polar surface area (TPSA) is 15.3 Å². The van der Waals surface area contributed by atoms with Gasteiger partial charge < -0.3 is 5.32 Å². The summed E-state index contributed by atoms with van der Waals surface area (Å²) in [5.41, 5.74) is 0.352. The van der Waals surface area contributed by atoms with E-state index in [1.54, 1.807) is 12.1 Å². The van der Waals surface area contributed by atoms with Crippen LogP contribution in [-0.4, -0.2) is 37.5 Å². The molecule has 1 N–H and O–H groups in total. The van der Waals surface area contributed by atoms with Gasteiger partial charge in [-0.05, 0) is 12.1 Å². The van der Waals surface area contributed by atoms with Crippen molar-refractivity contribution < 1.29 is 13.2 Å². The third-order valence-electron chi connectivity index (χ3n) is 3.32. The van der Waals surface area contributed by atoms with Crippen LogP contribution in [0.15, 0.2) is 22.7 Å². The van der Waals surface area contributed by atoms with Crippen molar-refractivity contribution in [2.24, 2.45) is 0 Å². The van der Waals surface area contributed by atoms with E-state index in [4.69, 9.17) is 0 Å². The molecule has 1 aromatic carbocycles. The Morgan fingerprint density at radius 3 is 2.53 bits per heavy atom. The van der Waals surface area contributed by atoms with Crippen LogP contribution in [-0.2, 0) is 0 Å².